The number of benzene rings is 1. The molecule has 3 rings (SSSR count). The number of aromatic nitrogens is 1. The lowest BCUT2D eigenvalue weighted by Crippen LogP contribution is -2.30. The van der Waals surface area contributed by atoms with Gasteiger partial charge in [-0.25, -0.2) is 4.98 Å². The molecular formula is C15H20N2O2S. The zero-order valence-electron chi connectivity index (χ0n) is 12.3. The first kappa shape index (κ1) is 13.8. The number of nitrogen functional groups attached to an aromatic ring is 1. The molecule has 0 spiro atoms. The van der Waals surface area contributed by atoms with Crippen LogP contribution in [0.4, 0.5) is 5.69 Å². The fraction of sp³-hybridized carbons (Fsp3) is 0.533. The molecule has 1 aromatic carbocycles. The van der Waals surface area contributed by atoms with Crippen molar-refractivity contribution < 1.29 is 9.15 Å². The summed E-state index contributed by atoms with van der Waals surface area (Å²) in [6.45, 7) is 8.50. The molecule has 0 amide bonds. The van der Waals surface area contributed by atoms with Gasteiger partial charge >= 0.3 is 0 Å². The Hall–Kier alpha value is -1.20. The number of hydrogen-bond donors (Lipinski definition) is 1. The first-order valence-corrected chi connectivity index (χ1v) is 7.66. The van der Waals surface area contributed by atoms with Crippen molar-refractivity contribution in [2.24, 2.45) is 0 Å². The molecule has 2 aromatic rings. The van der Waals surface area contributed by atoms with E-state index < -0.39 is 0 Å². The Morgan fingerprint density at radius 1 is 1.30 bits per heavy atom. The van der Waals surface area contributed by atoms with Crippen LogP contribution in [0.5, 0.6) is 0 Å². The normalized spacial score (nSPS) is 24.3. The number of nitrogens with zero attached hydrogens (tertiary/aromatic N) is 1. The Morgan fingerprint density at radius 2 is 2.05 bits per heavy atom. The summed E-state index contributed by atoms with van der Waals surface area (Å²) in [5, 5.41) is 1.01. The summed E-state index contributed by atoms with van der Waals surface area (Å²) < 4.78 is 11.9. The van der Waals surface area contributed by atoms with Crippen LogP contribution in [0.2, 0.25) is 0 Å². The van der Waals surface area contributed by atoms with Crippen molar-refractivity contribution in [3.63, 3.8) is 0 Å². The van der Waals surface area contributed by atoms with Crippen LogP contribution in [0.15, 0.2) is 27.8 Å². The Kier molecular flexibility index (Phi) is 3.03. The molecule has 1 fully saturated rings. The van der Waals surface area contributed by atoms with Crippen LogP contribution in [0.3, 0.4) is 0 Å². The van der Waals surface area contributed by atoms with Gasteiger partial charge in [0.05, 0.1) is 11.2 Å². The summed E-state index contributed by atoms with van der Waals surface area (Å²) in [4.78, 5) is 4.51. The van der Waals surface area contributed by atoms with Gasteiger partial charge in [-0.2, -0.15) is 0 Å². The van der Waals surface area contributed by atoms with Gasteiger partial charge in [0.2, 0.25) is 0 Å². The third-order valence-corrected chi connectivity index (χ3v) is 5.02. The lowest BCUT2D eigenvalue weighted by molar-refractivity contribution is -0.0632. The zero-order chi connectivity index (χ0) is 14.5. The van der Waals surface area contributed by atoms with E-state index in [2.05, 4.69) is 32.7 Å². The molecule has 4 nitrogen and oxygen atoms in total. The second-order valence-corrected chi connectivity index (χ2v) is 7.64. The summed E-state index contributed by atoms with van der Waals surface area (Å²) in [5.41, 5.74) is 7.77. The molecule has 1 saturated heterocycles. The number of oxazole rings is 1. The smallest absolute Gasteiger partial charge is 0.257 e. The summed E-state index contributed by atoms with van der Waals surface area (Å²) in [6.07, 6.45) is 0.978. The lowest BCUT2D eigenvalue weighted by Gasteiger charge is -2.26. The minimum absolute atomic E-state index is 0.0996. The Balaban J connectivity index is 1.86. The van der Waals surface area contributed by atoms with E-state index in [4.69, 9.17) is 14.9 Å². The van der Waals surface area contributed by atoms with Crippen molar-refractivity contribution in [1.82, 2.24) is 4.98 Å². The third-order valence-electron chi connectivity index (χ3n) is 3.63. The number of anilines is 1. The third kappa shape index (κ3) is 2.52. The van der Waals surface area contributed by atoms with E-state index in [0.717, 1.165) is 17.5 Å². The molecule has 1 atom stereocenters. The standard InChI is InChI=1S/C15H20N2O2S/c1-14(2)8-12(15(3,4)19-14)20-13-17-10-7-9(16)5-6-11(10)18-13/h5-7,12H,8,16H2,1-4H3. The second kappa shape index (κ2) is 4.40. The van der Waals surface area contributed by atoms with Gasteiger partial charge in [0, 0.05) is 10.9 Å². The van der Waals surface area contributed by atoms with Crippen LogP contribution >= 0.6 is 11.8 Å². The van der Waals surface area contributed by atoms with Crippen molar-refractivity contribution in [2.45, 2.75) is 55.8 Å². The van der Waals surface area contributed by atoms with Crippen molar-refractivity contribution in [3.8, 4) is 0 Å². The molecular weight excluding hydrogens is 272 g/mol. The van der Waals surface area contributed by atoms with E-state index in [1.807, 2.05) is 18.2 Å². The molecule has 0 saturated carbocycles. The second-order valence-electron chi connectivity index (χ2n) is 6.48. The first-order chi connectivity index (χ1) is 9.25. The molecule has 108 valence electrons. The lowest BCUT2D eigenvalue weighted by atomic mass is 10.0. The molecule has 0 bridgehead atoms. The van der Waals surface area contributed by atoms with Gasteiger partial charge in [-0.1, -0.05) is 11.8 Å². The number of fused-ring (bicyclic) bond motifs is 1. The maximum absolute atomic E-state index is 6.10. The predicted molar refractivity (Wildman–Crippen MR) is 81.9 cm³/mol. The molecule has 1 aliphatic rings. The van der Waals surface area contributed by atoms with Gasteiger partial charge < -0.3 is 14.9 Å². The largest absolute Gasteiger partial charge is 0.431 e. The quantitative estimate of drug-likeness (QED) is 0.852. The van der Waals surface area contributed by atoms with Gasteiger partial charge in [-0.3, -0.25) is 0 Å². The highest BCUT2D eigenvalue weighted by Gasteiger charge is 2.46. The number of rotatable bonds is 2. The summed E-state index contributed by atoms with van der Waals surface area (Å²) in [6, 6.07) is 5.53. The number of ether oxygens (including phenoxy) is 1. The van der Waals surface area contributed by atoms with Gasteiger partial charge in [0.15, 0.2) is 5.58 Å². The van der Waals surface area contributed by atoms with Gasteiger partial charge in [-0.05, 0) is 52.3 Å². The predicted octanol–water partition coefficient (Wildman–Crippen LogP) is 3.85. The van der Waals surface area contributed by atoms with Crippen LogP contribution in [0.1, 0.15) is 34.1 Å². The van der Waals surface area contributed by atoms with Crippen molar-refractivity contribution in [3.05, 3.63) is 18.2 Å². The summed E-state index contributed by atoms with van der Waals surface area (Å²) in [7, 11) is 0. The Labute approximate surface area is 123 Å². The maximum Gasteiger partial charge on any atom is 0.257 e. The fourth-order valence-electron chi connectivity index (χ4n) is 2.79. The molecule has 1 aromatic heterocycles. The van der Waals surface area contributed by atoms with Crippen LogP contribution in [0.25, 0.3) is 11.1 Å². The SMILES string of the molecule is CC1(C)CC(Sc2nc3cc(N)ccc3o2)C(C)(C)O1. The van der Waals surface area contributed by atoms with Crippen molar-refractivity contribution in [2.75, 3.05) is 5.73 Å². The number of nitrogens with two attached hydrogens (primary N) is 1. The molecule has 0 radical (unpaired) electrons. The molecule has 1 unspecified atom stereocenters. The first-order valence-electron chi connectivity index (χ1n) is 6.78. The van der Waals surface area contributed by atoms with Crippen LogP contribution < -0.4 is 5.73 Å². The minimum atomic E-state index is -0.187. The molecule has 1 aliphatic heterocycles. The molecule has 2 heterocycles. The van der Waals surface area contributed by atoms with Gasteiger partial charge in [0.25, 0.3) is 5.22 Å². The monoisotopic (exact) mass is 292 g/mol. The molecule has 20 heavy (non-hydrogen) atoms. The summed E-state index contributed by atoms with van der Waals surface area (Å²) in [5.74, 6) is 0. The Morgan fingerprint density at radius 3 is 2.70 bits per heavy atom. The topological polar surface area (TPSA) is 61.3 Å². The van der Waals surface area contributed by atoms with Gasteiger partial charge in [0.1, 0.15) is 5.52 Å². The molecule has 2 N–H and O–H groups in total. The highest BCUT2D eigenvalue weighted by molar-refractivity contribution is 7.99. The maximum atomic E-state index is 6.10. The zero-order valence-corrected chi connectivity index (χ0v) is 13.1. The van der Waals surface area contributed by atoms with Crippen molar-refractivity contribution >= 4 is 28.5 Å². The van der Waals surface area contributed by atoms with E-state index in [0.29, 0.717) is 16.2 Å². The highest BCUT2D eigenvalue weighted by atomic mass is 32.2. The van der Waals surface area contributed by atoms with E-state index in [1.165, 1.54) is 0 Å². The average molecular weight is 292 g/mol. The van der Waals surface area contributed by atoms with E-state index in [9.17, 15) is 0 Å². The number of hydrogen-bond acceptors (Lipinski definition) is 5. The minimum Gasteiger partial charge on any atom is -0.431 e. The average Bonchev–Trinajstić information content (AvgIpc) is 2.76. The molecule has 5 heteroatoms. The highest BCUT2D eigenvalue weighted by Crippen LogP contribution is 2.46. The fourth-order valence-corrected chi connectivity index (χ4v) is 4.14. The Bertz CT molecular complexity index is 648. The van der Waals surface area contributed by atoms with E-state index >= 15 is 0 Å². The van der Waals surface area contributed by atoms with Crippen LogP contribution in [0, 0.1) is 0 Å². The van der Waals surface area contributed by atoms with Gasteiger partial charge in [-0.15, -0.1) is 0 Å². The molecule has 0 aliphatic carbocycles. The van der Waals surface area contributed by atoms with E-state index in [-0.39, 0.29) is 11.2 Å². The summed E-state index contributed by atoms with van der Waals surface area (Å²) >= 11 is 1.65. The van der Waals surface area contributed by atoms with Crippen LogP contribution in [-0.2, 0) is 4.74 Å². The van der Waals surface area contributed by atoms with E-state index in [1.54, 1.807) is 11.8 Å². The number of thioether (sulfide) groups is 1. The van der Waals surface area contributed by atoms with Crippen molar-refractivity contribution in [1.29, 1.82) is 0 Å². The van der Waals surface area contributed by atoms with Crippen LogP contribution in [-0.4, -0.2) is 21.4 Å².